The van der Waals surface area contributed by atoms with Crippen molar-refractivity contribution in [2.24, 2.45) is 13.0 Å². The molecule has 6 heteroatoms. The van der Waals surface area contributed by atoms with Gasteiger partial charge in [-0.2, -0.15) is 5.10 Å². The molecule has 1 heterocycles. The van der Waals surface area contributed by atoms with Crippen LogP contribution in [-0.2, 0) is 21.4 Å². The fourth-order valence-electron chi connectivity index (χ4n) is 3.07. The molecule has 6 nitrogen and oxygen atoms in total. The summed E-state index contributed by atoms with van der Waals surface area (Å²) in [6.45, 7) is 9.35. The number of anilines is 1. The third-order valence-corrected chi connectivity index (χ3v) is 5.04. The van der Waals surface area contributed by atoms with Crippen molar-refractivity contribution in [3.8, 4) is 0 Å². The maximum atomic E-state index is 12.8. The quantitative estimate of drug-likeness (QED) is 0.753. The van der Waals surface area contributed by atoms with Crippen LogP contribution in [0.15, 0.2) is 30.3 Å². The van der Waals surface area contributed by atoms with Crippen molar-refractivity contribution in [1.29, 1.82) is 0 Å². The molecule has 0 unspecified atom stereocenters. The largest absolute Gasteiger partial charge is 0.452 e. The second kappa shape index (κ2) is 8.84. The second-order valence-electron chi connectivity index (χ2n) is 7.01. The number of carbonyl (C=O) groups excluding carboxylic acids is 2. The summed E-state index contributed by atoms with van der Waals surface area (Å²) in [6, 6.07) is 9.57. The van der Waals surface area contributed by atoms with Crippen LogP contribution in [0, 0.1) is 19.8 Å². The van der Waals surface area contributed by atoms with Crippen LogP contribution >= 0.6 is 0 Å². The van der Waals surface area contributed by atoms with Crippen molar-refractivity contribution in [3.63, 3.8) is 0 Å². The number of hydrogen-bond acceptors (Lipinski definition) is 4. The SMILES string of the molecule is CC[C@@H](C)[C@@H](C(=O)O[C@@H](C)C(=O)Nc1c(C)nn(C)c1C)c1ccccc1. The first-order valence-corrected chi connectivity index (χ1v) is 9.32. The van der Waals surface area contributed by atoms with Crippen LogP contribution in [0.2, 0.25) is 0 Å². The van der Waals surface area contributed by atoms with Crippen molar-refractivity contribution in [3.05, 3.63) is 47.3 Å². The topological polar surface area (TPSA) is 73.2 Å². The summed E-state index contributed by atoms with van der Waals surface area (Å²) in [4.78, 5) is 25.4. The van der Waals surface area contributed by atoms with E-state index in [-0.39, 0.29) is 17.8 Å². The van der Waals surface area contributed by atoms with Crippen LogP contribution in [0.4, 0.5) is 5.69 Å². The lowest BCUT2D eigenvalue weighted by Crippen LogP contribution is -2.33. The fourth-order valence-corrected chi connectivity index (χ4v) is 3.07. The maximum Gasteiger partial charge on any atom is 0.314 e. The molecule has 1 amide bonds. The molecule has 0 saturated heterocycles. The van der Waals surface area contributed by atoms with Gasteiger partial charge in [-0.15, -0.1) is 0 Å². The summed E-state index contributed by atoms with van der Waals surface area (Å²) in [5.41, 5.74) is 3.14. The number of nitrogens with one attached hydrogen (secondary N) is 1. The van der Waals surface area contributed by atoms with Gasteiger partial charge >= 0.3 is 5.97 Å². The molecular formula is C21H29N3O3. The Labute approximate surface area is 160 Å². The van der Waals surface area contributed by atoms with Gasteiger partial charge in [0.25, 0.3) is 5.91 Å². The molecule has 0 bridgehead atoms. The first-order valence-electron chi connectivity index (χ1n) is 9.32. The van der Waals surface area contributed by atoms with E-state index in [0.717, 1.165) is 23.4 Å². The van der Waals surface area contributed by atoms with Crippen LogP contribution < -0.4 is 5.32 Å². The summed E-state index contributed by atoms with van der Waals surface area (Å²) >= 11 is 0. The van der Waals surface area contributed by atoms with E-state index in [9.17, 15) is 9.59 Å². The number of rotatable bonds is 7. The molecule has 27 heavy (non-hydrogen) atoms. The molecule has 146 valence electrons. The number of nitrogens with zero attached hydrogens (tertiary/aromatic N) is 2. The Bertz CT molecular complexity index is 799. The Hall–Kier alpha value is -2.63. The fraction of sp³-hybridized carbons (Fsp3) is 0.476. The zero-order valence-corrected chi connectivity index (χ0v) is 16.9. The maximum absolute atomic E-state index is 12.8. The number of aryl methyl sites for hydroxylation is 2. The van der Waals surface area contributed by atoms with Crippen LogP contribution in [-0.4, -0.2) is 27.8 Å². The molecule has 1 N–H and O–H groups in total. The summed E-state index contributed by atoms with van der Waals surface area (Å²) < 4.78 is 7.24. The summed E-state index contributed by atoms with van der Waals surface area (Å²) in [7, 11) is 1.82. The van der Waals surface area contributed by atoms with Gasteiger partial charge in [0.2, 0.25) is 0 Å². The van der Waals surface area contributed by atoms with Gasteiger partial charge in [-0.3, -0.25) is 14.3 Å². The molecule has 0 saturated carbocycles. The van der Waals surface area contributed by atoms with Gasteiger partial charge in [-0.25, -0.2) is 0 Å². The van der Waals surface area contributed by atoms with Crippen molar-refractivity contribution in [2.75, 3.05) is 5.32 Å². The molecule has 0 spiro atoms. The predicted octanol–water partition coefficient (Wildman–Crippen LogP) is 3.74. The molecule has 0 aliphatic carbocycles. The number of benzene rings is 1. The number of carbonyl (C=O) groups is 2. The Morgan fingerprint density at radius 2 is 1.81 bits per heavy atom. The van der Waals surface area contributed by atoms with Crippen molar-refractivity contribution in [2.45, 2.75) is 53.1 Å². The Kier molecular flexibility index (Phi) is 6.77. The van der Waals surface area contributed by atoms with Gasteiger partial charge in [0.05, 0.1) is 23.0 Å². The third kappa shape index (κ3) is 4.76. The van der Waals surface area contributed by atoms with E-state index in [1.54, 1.807) is 11.6 Å². The molecule has 0 aliphatic heterocycles. The summed E-state index contributed by atoms with van der Waals surface area (Å²) in [5, 5.41) is 7.11. The van der Waals surface area contributed by atoms with Gasteiger partial charge in [-0.05, 0) is 32.3 Å². The molecule has 2 aromatic rings. The summed E-state index contributed by atoms with van der Waals surface area (Å²) in [6.07, 6.45) is -0.0599. The zero-order valence-electron chi connectivity index (χ0n) is 16.9. The average molecular weight is 371 g/mol. The molecule has 1 aromatic heterocycles. The van der Waals surface area contributed by atoms with Crippen molar-refractivity contribution >= 4 is 17.6 Å². The predicted molar refractivity (Wildman–Crippen MR) is 106 cm³/mol. The number of aromatic nitrogens is 2. The first-order chi connectivity index (χ1) is 12.8. The first kappa shape index (κ1) is 20.7. The molecule has 0 fully saturated rings. The van der Waals surface area contributed by atoms with Crippen LogP contribution in [0.5, 0.6) is 0 Å². The highest BCUT2D eigenvalue weighted by molar-refractivity contribution is 5.96. The van der Waals surface area contributed by atoms with E-state index in [1.807, 2.05) is 65.1 Å². The summed E-state index contributed by atoms with van der Waals surface area (Å²) in [5.74, 6) is -1.03. The van der Waals surface area contributed by atoms with Gasteiger partial charge in [0.15, 0.2) is 6.10 Å². The second-order valence-corrected chi connectivity index (χ2v) is 7.01. The highest BCUT2D eigenvalue weighted by Gasteiger charge is 2.30. The highest BCUT2D eigenvalue weighted by Crippen LogP contribution is 2.29. The van der Waals surface area contributed by atoms with Gasteiger partial charge in [0, 0.05) is 7.05 Å². The standard InChI is InChI=1S/C21H29N3O3/c1-7-13(2)18(17-11-9-8-10-12-17)21(26)27-16(5)20(25)22-19-14(3)23-24(6)15(19)4/h8-13,16,18H,7H2,1-6H3,(H,22,25)/t13-,16+,18-/m1/s1. The minimum atomic E-state index is -0.897. The zero-order chi connectivity index (χ0) is 20.1. The van der Waals surface area contributed by atoms with Crippen molar-refractivity contribution < 1.29 is 14.3 Å². The molecule has 1 aromatic carbocycles. The van der Waals surface area contributed by atoms with E-state index < -0.39 is 12.0 Å². The van der Waals surface area contributed by atoms with E-state index in [4.69, 9.17) is 4.74 Å². The lowest BCUT2D eigenvalue weighted by molar-refractivity contribution is -0.155. The normalized spacial score (nSPS) is 14.3. The third-order valence-electron chi connectivity index (χ3n) is 5.04. The Morgan fingerprint density at radius 1 is 1.19 bits per heavy atom. The van der Waals surface area contributed by atoms with Crippen LogP contribution in [0.3, 0.4) is 0 Å². The molecule has 0 aliphatic rings. The van der Waals surface area contributed by atoms with Gasteiger partial charge in [-0.1, -0.05) is 50.6 Å². The Morgan fingerprint density at radius 3 is 2.33 bits per heavy atom. The van der Waals surface area contributed by atoms with Crippen LogP contribution in [0.1, 0.15) is 50.1 Å². The van der Waals surface area contributed by atoms with E-state index in [1.165, 1.54) is 0 Å². The molecular weight excluding hydrogens is 342 g/mol. The van der Waals surface area contributed by atoms with E-state index in [2.05, 4.69) is 10.4 Å². The monoisotopic (exact) mass is 371 g/mol. The lowest BCUT2D eigenvalue weighted by Gasteiger charge is -2.24. The lowest BCUT2D eigenvalue weighted by atomic mass is 9.85. The number of amides is 1. The molecule has 3 atom stereocenters. The Balaban J connectivity index is 2.11. The highest BCUT2D eigenvalue weighted by atomic mass is 16.5. The van der Waals surface area contributed by atoms with Gasteiger partial charge in [0.1, 0.15) is 0 Å². The van der Waals surface area contributed by atoms with Crippen LogP contribution in [0.25, 0.3) is 0 Å². The van der Waals surface area contributed by atoms with Gasteiger partial charge < -0.3 is 10.1 Å². The molecule has 0 radical (unpaired) electrons. The average Bonchev–Trinajstić information content (AvgIpc) is 2.88. The number of ether oxygens (including phenoxy) is 1. The molecule has 2 rings (SSSR count). The minimum Gasteiger partial charge on any atom is -0.452 e. The smallest absolute Gasteiger partial charge is 0.314 e. The van der Waals surface area contributed by atoms with E-state index >= 15 is 0 Å². The number of esters is 1. The van der Waals surface area contributed by atoms with Crippen molar-refractivity contribution in [1.82, 2.24) is 9.78 Å². The van der Waals surface area contributed by atoms with E-state index in [0.29, 0.717) is 5.69 Å². The minimum absolute atomic E-state index is 0.109. The number of hydrogen-bond donors (Lipinski definition) is 1.